The van der Waals surface area contributed by atoms with Crippen molar-refractivity contribution < 1.29 is 5.11 Å². The number of rotatable bonds is 2. The van der Waals surface area contributed by atoms with E-state index < -0.39 is 6.10 Å². The quantitative estimate of drug-likeness (QED) is 0.710. The van der Waals surface area contributed by atoms with Crippen molar-refractivity contribution >= 4 is 22.4 Å². The number of aryl methyl sites for hydroxylation is 1. The predicted octanol–water partition coefficient (Wildman–Crippen LogP) is 4.88. The lowest BCUT2D eigenvalue weighted by Crippen LogP contribution is -2.02. The average Bonchev–Trinajstić information content (AvgIpc) is 2.48. The molecule has 3 aromatic rings. The van der Waals surface area contributed by atoms with E-state index in [1.165, 1.54) is 5.39 Å². The second kappa shape index (κ2) is 5.28. The van der Waals surface area contributed by atoms with E-state index in [9.17, 15) is 5.11 Å². The zero-order valence-corrected chi connectivity index (χ0v) is 11.9. The van der Waals surface area contributed by atoms with Gasteiger partial charge in [-0.05, 0) is 52.6 Å². The van der Waals surface area contributed by atoms with Gasteiger partial charge in [-0.15, -0.1) is 0 Å². The van der Waals surface area contributed by atoms with Gasteiger partial charge in [-0.1, -0.05) is 54.1 Å². The molecule has 0 bridgehead atoms. The Balaban J connectivity index is 2.07. The second-order valence-electron chi connectivity index (χ2n) is 5.01. The van der Waals surface area contributed by atoms with Gasteiger partial charge in [0.05, 0.1) is 0 Å². The third-order valence-corrected chi connectivity index (χ3v) is 3.86. The van der Waals surface area contributed by atoms with Gasteiger partial charge in [-0.3, -0.25) is 0 Å². The molecule has 0 radical (unpaired) electrons. The van der Waals surface area contributed by atoms with Gasteiger partial charge in [0.2, 0.25) is 0 Å². The van der Waals surface area contributed by atoms with E-state index in [0.717, 1.165) is 22.1 Å². The molecule has 2 heteroatoms. The van der Waals surface area contributed by atoms with Crippen LogP contribution >= 0.6 is 11.6 Å². The van der Waals surface area contributed by atoms with Crippen molar-refractivity contribution in [2.24, 2.45) is 0 Å². The van der Waals surface area contributed by atoms with Crippen LogP contribution in [0.3, 0.4) is 0 Å². The molecule has 1 atom stereocenters. The number of hydrogen-bond donors (Lipinski definition) is 1. The Morgan fingerprint density at radius 3 is 2.45 bits per heavy atom. The molecule has 0 saturated heterocycles. The van der Waals surface area contributed by atoms with Crippen LogP contribution in [0.1, 0.15) is 22.8 Å². The summed E-state index contributed by atoms with van der Waals surface area (Å²) >= 11 is 6.03. The number of benzene rings is 3. The van der Waals surface area contributed by atoms with Crippen molar-refractivity contribution in [3.63, 3.8) is 0 Å². The molecule has 0 aliphatic heterocycles. The molecular weight excluding hydrogens is 268 g/mol. The molecule has 100 valence electrons. The maximum atomic E-state index is 10.6. The number of aliphatic hydroxyl groups is 1. The lowest BCUT2D eigenvalue weighted by Gasteiger charge is -2.15. The van der Waals surface area contributed by atoms with Gasteiger partial charge in [-0.2, -0.15) is 0 Å². The van der Waals surface area contributed by atoms with Gasteiger partial charge in [0, 0.05) is 5.02 Å². The lowest BCUT2D eigenvalue weighted by molar-refractivity contribution is 0.219. The minimum absolute atomic E-state index is 0.644. The van der Waals surface area contributed by atoms with Gasteiger partial charge >= 0.3 is 0 Å². The van der Waals surface area contributed by atoms with E-state index in [-0.39, 0.29) is 0 Å². The molecule has 1 N–H and O–H groups in total. The fourth-order valence-corrected chi connectivity index (χ4v) is 2.64. The molecule has 0 heterocycles. The molecule has 0 aliphatic rings. The molecule has 0 spiro atoms. The minimum atomic E-state index is -0.654. The van der Waals surface area contributed by atoms with Crippen molar-refractivity contribution in [3.05, 3.63) is 82.4 Å². The van der Waals surface area contributed by atoms with E-state index in [1.54, 1.807) is 0 Å². The predicted molar refractivity (Wildman–Crippen MR) is 84.2 cm³/mol. The highest BCUT2D eigenvalue weighted by atomic mass is 35.5. The van der Waals surface area contributed by atoms with Crippen LogP contribution in [0.15, 0.2) is 60.7 Å². The second-order valence-corrected chi connectivity index (χ2v) is 5.45. The van der Waals surface area contributed by atoms with Crippen molar-refractivity contribution in [1.82, 2.24) is 0 Å². The van der Waals surface area contributed by atoms with Gasteiger partial charge in [0.1, 0.15) is 6.10 Å². The first-order valence-corrected chi connectivity index (χ1v) is 6.96. The molecule has 1 unspecified atom stereocenters. The number of aliphatic hydroxyl groups excluding tert-OH is 1. The number of halogens is 1. The van der Waals surface area contributed by atoms with E-state index in [4.69, 9.17) is 11.6 Å². The molecule has 0 aromatic heterocycles. The average molecular weight is 283 g/mol. The highest BCUT2D eigenvalue weighted by molar-refractivity contribution is 6.30. The number of hydrogen-bond acceptors (Lipinski definition) is 1. The monoisotopic (exact) mass is 282 g/mol. The van der Waals surface area contributed by atoms with Crippen molar-refractivity contribution in [2.45, 2.75) is 13.0 Å². The normalized spacial score (nSPS) is 12.6. The van der Waals surface area contributed by atoms with Crippen molar-refractivity contribution in [2.75, 3.05) is 0 Å². The third-order valence-electron chi connectivity index (χ3n) is 3.63. The first kappa shape index (κ1) is 13.2. The van der Waals surface area contributed by atoms with E-state index >= 15 is 0 Å². The van der Waals surface area contributed by atoms with E-state index in [2.05, 4.69) is 12.1 Å². The summed E-state index contributed by atoms with van der Waals surface area (Å²) in [6, 6.07) is 19.8. The molecule has 0 amide bonds. The van der Waals surface area contributed by atoms with Gasteiger partial charge < -0.3 is 5.11 Å². The van der Waals surface area contributed by atoms with Gasteiger partial charge in [0.25, 0.3) is 0 Å². The Kier molecular flexibility index (Phi) is 3.47. The fourth-order valence-electron chi connectivity index (χ4n) is 2.46. The smallest absolute Gasteiger partial charge is 0.104 e. The van der Waals surface area contributed by atoms with E-state index in [0.29, 0.717) is 5.02 Å². The van der Waals surface area contributed by atoms with Crippen LogP contribution in [0.4, 0.5) is 0 Å². The summed E-state index contributed by atoms with van der Waals surface area (Å²) in [4.78, 5) is 0. The Bertz CT molecular complexity index is 764. The maximum absolute atomic E-state index is 10.6. The van der Waals surface area contributed by atoms with Gasteiger partial charge in [0.15, 0.2) is 0 Å². The molecule has 1 nitrogen and oxygen atoms in total. The lowest BCUT2D eigenvalue weighted by atomic mass is 9.96. The third kappa shape index (κ3) is 2.43. The molecule has 3 rings (SSSR count). The van der Waals surface area contributed by atoms with Crippen LogP contribution in [0.25, 0.3) is 10.8 Å². The number of fused-ring (bicyclic) bond motifs is 1. The molecule has 0 saturated carbocycles. The zero-order chi connectivity index (χ0) is 14.1. The van der Waals surface area contributed by atoms with Crippen molar-refractivity contribution in [3.8, 4) is 0 Å². The zero-order valence-electron chi connectivity index (χ0n) is 11.2. The summed E-state index contributed by atoms with van der Waals surface area (Å²) in [7, 11) is 0. The molecular formula is C18H15ClO. The fraction of sp³-hybridized carbons (Fsp3) is 0.111. The summed E-state index contributed by atoms with van der Waals surface area (Å²) in [5.41, 5.74) is 2.77. The molecule has 0 fully saturated rings. The van der Waals surface area contributed by atoms with Crippen molar-refractivity contribution in [1.29, 1.82) is 0 Å². The van der Waals surface area contributed by atoms with E-state index in [1.807, 2.05) is 55.5 Å². The Morgan fingerprint density at radius 2 is 1.65 bits per heavy atom. The summed E-state index contributed by atoms with van der Waals surface area (Å²) in [6.45, 7) is 1.98. The highest BCUT2D eigenvalue weighted by Crippen LogP contribution is 2.29. The highest BCUT2D eigenvalue weighted by Gasteiger charge is 2.13. The Hall–Kier alpha value is -1.83. The maximum Gasteiger partial charge on any atom is 0.104 e. The largest absolute Gasteiger partial charge is 0.384 e. The Labute approximate surface area is 123 Å². The van der Waals surface area contributed by atoms with Gasteiger partial charge in [-0.25, -0.2) is 0 Å². The van der Waals surface area contributed by atoms with Crippen LogP contribution < -0.4 is 0 Å². The first-order valence-electron chi connectivity index (χ1n) is 6.58. The minimum Gasteiger partial charge on any atom is -0.384 e. The summed E-state index contributed by atoms with van der Waals surface area (Å²) in [6.07, 6.45) is -0.654. The topological polar surface area (TPSA) is 20.2 Å². The molecule has 0 aliphatic carbocycles. The van der Waals surface area contributed by atoms with Crippen LogP contribution in [-0.2, 0) is 0 Å². The SMILES string of the molecule is Cc1ccc(Cl)cc1C(O)c1ccc2ccccc2c1. The Morgan fingerprint density at radius 1 is 0.900 bits per heavy atom. The van der Waals surface area contributed by atoms with Crippen LogP contribution in [0, 0.1) is 6.92 Å². The summed E-state index contributed by atoms with van der Waals surface area (Å²) in [5, 5.41) is 13.5. The standard InChI is InChI=1S/C18H15ClO/c1-12-6-9-16(19)11-17(12)18(20)15-8-7-13-4-2-3-5-14(13)10-15/h2-11,18,20H,1H3. The molecule has 3 aromatic carbocycles. The molecule has 20 heavy (non-hydrogen) atoms. The first-order chi connectivity index (χ1) is 9.65. The summed E-state index contributed by atoms with van der Waals surface area (Å²) in [5.74, 6) is 0. The van der Waals surface area contributed by atoms with Crippen LogP contribution in [0.5, 0.6) is 0 Å². The van der Waals surface area contributed by atoms with Crippen LogP contribution in [-0.4, -0.2) is 5.11 Å². The summed E-state index contributed by atoms with van der Waals surface area (Å²) < 4.78 is 0. The van der Waals surface area contributed by atoms with Crippen LogP contribution in [0.2, 0.25) is 5.02 Å².